The molecule has 5 nitrogen and oxygen atoms in total. The molecule has 2 aromatic rings. The fourth-order valence-electron chi connectivity index (χ4n) is 3.76. The Morgan fingerprint density at radius 3 is 2.75 bits per heavy atom. The second-order valence-electron chi connectivity index (χ2n) is 6.76. The maximum absolute atomic E-state index is 12.8. The number of rotatable bonds is 2. The average Bonchev–Trinajstić information content (AvgIpc) is 2.57. The van der Waals surface area contributed by atoms with Gasteiger partial charge in [0.15, 0.2) is 0 Å². The third-order valence-corrected chi connectivity index (χ3v) is 5.24. The van der Waals surface area contributed by atoms with Gasteiger partial charge in [-0.15, -0.1) is 0 Å². The van der Waals surface area contributed by atoms with Gasteiger partial charge in [-0.3, -0.25) is 14.6 Å². The summed E-state index contributed by atoms with van der Waals surface area (Å²) in [5.74, 6) is 0.132. The van der Waals surface area contributed by atoms with Gasteiger partial charge >= 0.3 is 0 Å². The number of hydrogen-bond acceptors (Lipinski definition) is 3. The lowest BCUT2D eigenvalue weighted by Crippen LogP contribution is -2.50. The summed E-state index contributed by atoms with van der Waals surface area (Å²) in [5, 5.41) is 0. The minimum atomic E-state index is -0.165. The molecule has 1 aliphatic heterocycles. The van der Waals surface area contributed by atoms with Crippen molar-refractivity contribution >= 4 is 5.91 Å². The first-order valence-electron chi connectivity index (χ1n) is 8.57. The van der Waals surface area contributed by atoms with Crippen molar-refractivity contribution in [1.82, 2.24) is 14.5 Å². The van der Waals surface area contributed by atoms with E-state index in [4.69, 9.17) is 0 Å². The van der Waals surface area contributed by atoms with Gasteiger partial charge in [-0.2, -0.15) is 0 Å². The molecule has 0 bridgehead atoms. The number of amides is 1. The molecule has 124 valence electrons. The van der Waals surface area contributed by atoms with Crippen LogP contribution in [-0.2, 0) is 19.9 Å². The first-order valence-corrected chi connectivity index (χ1v) is 8.57. The van der Waals surface area contributed by atoms with Crippen molar-refractivity contribution in [2.75, 3.05) is 13.1 Å². The molecule has 0 aromatic carbocycles. The zero-order valence-corrected chi connectivity index (χ0v) is 13.9. The standard InChI is InChI=1S/C19H21N3O2/c1-21-17-8-3-2-6-13(17)10-15(18(21)23)19(24)22-11-14(12-22)16-7-4-5-9-20-16/h4-5,7,9-10,14H,2-3,6,8,11-12H2,1H3. The first kappa shape index (κ1) is 15.1. The molecule has 3 heterocycles. The Balaban J connectivity index is 1.56. The summed E-state index contributed by atoms with van der Waals surface area (Å²) >= 11 is 0. The molecule has 0 unspecified atom stereocenters. The van der Waals surface area contributed by atoms with E-state index in [-0.39, 0.29) is 17.4 Å². The lowest BCUT2D eigenvalue weighted by Gasteiger charge is -2.39. The second-order valence-corrected chi connectivity index (χ2v) is 6.76. The van der Waals surface area contributed by atoms with Crippen molar-refractivity contribution in [3.8, 4) is 0 Å². The van der Waals surface area contributed by atoms with Gasteiger partial charge in [-0.05, 0) is 49.4 Å². The summed E-state index contributed by atoms with van der Waals surface area (Å²) in [6, 6.07) is 7.69. The highest BCUT2D eigenvalue weighted by atomic mass is 16.2. The molecule has 0 radical (unpaired) electrons. The van der Waals surface area contributed by atoms with Crippen molar-refractivity contribution in [2.45, 2.75) is 31.6 Å². The Hall–Kier alpha value is -2.43. The van der Waals surface area contributed by atoms with Gasteiger partial charge in [-0.25, -0.2) is 0 Å². The van der Waals surface area contributed by atoms with Gasteiger partial charge in [0.1, 0.15) is 5.56 Å². The Morgan fingerprint density at radius 2 is 2.00 bits per heavy atom. The minimum Gasteiger partial charge on any atom is -0.337 e. The average molecular weight is 323 g/mol. The molecule has 0 N–H and O–H groups in total. The SMILES string of the molecule is Cn1c2c(cc(C(=O)N3CC(c4ccccn4)C3)c1=O)CCCC2. The monoisotopic (exact) mass is 323 g/mol. The number of aromatic nitrogens is 2. The normalized spacial score (nSPS) is 17.3. The predicted octanol–water partition coefficient (Wildman–Crippen LogP) is 1.90. The van der Waals surface area contributed by atoms with E-state index < -0.39 is 0 Å². The maximum Gasteiger partial charge on any atom is 0.263 e. The number of fused-ring (bicyclic) bond motifs is 1. The van der Waals surface area contributed by atoms with E-state index >= 15 is 0 Å². The number of nitrogens with zero attached hydrogens (tertiary/aromatic N) is 3. The Bertz CT molecular complexity index is 836. The van der Waals surface area contributed by atoms with Gasteiger partial charge in [0.2, 0.25) is 0 Å². The van der Waals surface area contributed by atoms with Crippen LogP contribution in [0.25, 0.3) is 0 Å². The number of carbonyl (C=O) groups excluding carboxylic acids is 1. The van der Waals surface area contributed by atoms with Crippen LogP contribution in [0.1, 0.15) is 46.1 Å². The van der Waals surface area contributed by atoms with Crippen LogP contribution in [0.5, 0.6) is 0 Å². The van der Waals surface area contributed by atoms with Crippen LogP contribution >= 0.6 is 0 Å². The number of pyridine rings is 2. The largest absolute Gasteiger partial charge is 0.337 e. The van der Waals surface area contributed by atoms with Crippen LogP contribution in [0, 0.1) is 0 Å². The van der Waals surface area contributed by atoms with Crippen molar-refractivity contribution in [3.05, 3.63) is 63.3 Å². The Kier molecular flexibility index (Phi) is 3.71. The molecule has 1 amide bonds. The van der Waals surface area contributed by atoms with E-state index in [1.54, 1.807) is 22.7 Å². The summed E-state index contributed by atoms with van der Waals surface area (Å²) in [6.45, 7) is 1.27. The number of aryl methyl sites for hydroxylation is 1. The van der Waals surface area contributed by atoms with E-state index in [0.717, 1.165) is 42.6 Å². The minimum absolute atomic E-state index is 0.142. The molecule has 0 atom stereocenters. The summed E-state index contributed by atoms with van der Waals surface area (Å²) in [4.78, 5) is 31.4. The van der Waals surface area contributed by atoms with E-state index in [2.05, 4.69) is 4.98 Å². The predicted molar refractivity (Wildman–Crippen MR) is 91.2 cm³/mol. The van der Waals surface area contributed by atoms with Crippen molar-refractivity contribution in [3.63, 3.8) is 0 Å². The zero-order valence-electron chi connectivity index (χ0n) is 13.9. The Labute approximate surface area is 140 Å². The molecule has 1 fully saturated rings. The van der Waals surface area contributed by atoms with Gasteiger partial charge in [0.05, 0.1) is 0 Å². The first-order chi connectivity index (χ1) is 11.6. The van der Waals surface area contributed by atoms with E-state index in [9.17, 15) is 9.59 Å². The molecule has 2 aliphatic rings. The molecular weight excluding hydrogens is 302 g/mol. The summed E-state index contributed by atoms with van der Waals surface area (Å²) in [5.41, 5.74) is 3.42. The topological polar surface area (TPSA) is 55.2 Å². The number of likely N-dealkylation sites (tertiary alicyclic amines) is 1. The van der Waals surface area contributed by atoms with Crippen LogP contribution in [0.4, 0.5) is 0 Å². The zero-order chi connectivity index (χ0) is 16.7. The van der Waals surface area contributed by atoms with Crippen LogP contribution in [-0.4, -0.2) is 33.4 Å². The number of hydrogen-bond donors (Lipinski definition) is 0. The summed E-state index contributed by atoms with van der Waals surface area (Å²) in [7, 11) is 1.79. The third-order valence-electron chi connectivity index (χ3n) is 5.24. The van der Waals surface area contributed by atoms with E-state index in [0.29, 0.717) is 18.7 Å². The third kappa shape index (κ3) is 2.44. The van der Waals surface area contributed by atoms with Crippen LogP contribution < -0.4 is 5.56 Å². The molecular formula is C19H21N3O2. The lowest BCUT2D eigenvalue weighted by molar-refractivity contribution is 0.0596. The molecule has 0 saturated carbocycles. The van der Waals surface area contributed by atoms with Gasteiger partial charge in [0.25, 0.3) is 11.5 Å². The second kappa shape index (κ2) is 5.89. The number of carbonyl (C=O) groups is 1. The van der Waals surface area contributed by atoms with Crippen molar-refractivity contribution in [2.24, 2.45) is 7.05 Å². The van der Waals surface area contributed by atoms with Gasteiger partial charge < -0.3 is 9.47 Å². The highest BCUT2D eigenvalue weighted by molar-refractivity contribution is 5.94. The highest BCUT2D eigenvalue weighted by Crippen LogP contribution is 2.27. The molecule has 24 heavy (non-hydrogen) atoms. The van der Waals surface area contributed by atoms with Crippen molar-refractivity contribution < 1.29 is 4.79 Å². The fourth-order valence-corrected chi connectivity index (χ4v) is 3.76. The maximum atomic E-state index is 12.8. The van der Waals surface area contributed by atoms with E-state index in [1.165, 1.54) is 0 Å². The van der Waals surface area contributed by atoms with Crippen molar-refractivity contribution in [1.29, 1.82) is 0 Å². The molecule has 5 heteroatoms. The Morgan fingerprint density at radius 1 is 1.21 bits per heavy atom. The molecule has 1 saturated heterocycles. The highest BCUT2D eigenvalue weighted by Gasteiger charge is 2.34. The quantitative estimate of drug-likeness (QED) is 0.848. The molecule has 1 aliphatic carbocycles. The van der Waals surface area contributed by atoms with Crippen LogP contribution in [0.3, 0.4) is 0 Å². The van der Waals surface area contributed by atoms with Gasteiger partial charge in [-0.1, -0.05) is 6.07 Å². The van der Waals surface area contributed by atoms with E-state index in [1.807, 2.05) is 24.3 Å². The fraction of sp³-hybridized carbons (Fsp3) is 0.421. The molecule has 2 aromatic heterocycles. The molecule has 4 rings (SSSR count). The summed E-state index contributed by atoms with van der Waals surface area (Å²) < 4.78 is 1.68. The van der Waals surface area contributed by atoms with Crippen LogP contribution in [0.2, 0.25) is 0 Å². The van der Waals surface area contributed by atoms with Gasteiger partial charge in [0, 0.05) is 43.6 Å². The summed E-state index contributed by atoms with van der Waals surface area (Å²) in [6.07, 6.45) is 5.91. The van der Waals surface area contributed by atoms with Crippen LogP contribution in [0.15, 0.2) is 35.3 Å². The lowest BCUT2D eigenvalue weighted by atomic mass is 9.92. The molecule has 0 spiro atoms. The smallest absolute Gasteiger partial charge is 0.263 e.